The maximum absolute atomic E-state index is 13.4. The van der Waals surface area contributed by atoms with E-state index in [9.17, 15) is 14.4 Å². The summed E-state index contributed by atoms with van der Waals surface area (Å²) in [6, 6.07) is 15.3. The molecule has 0 spiro atoms. The smallest absolute Gasteiger partial charge is 0.308 e. The molecular formula is C27H34N2O6. The van der Waals surface area contributed by atoms with Crippen LogP contribution in [0.4, 0.5) is 0 Å². The zero-order valence-corrected chi connectivity index (χ0v) is 20.2. The molecule has 8 nitrogen and oxygen atoms in total. The predicted molar refractivity (Wildman–Crippen MR) is 131 cm³/mol. The number of carbonyl (C=O) groups is 3. The minimum Gasteiger partial charge on any atom is -0.493 e. The van der Waals surface area contributed by atoms with Crippen molar-refractivity contribution >= 4 is 17.8 Å². The summed E-state index contributed by atoms with van der Waals surface area (Å²) < 4.78 is 16.7. The molecule has 2 aromatic rings. The summed E-state index contributed by atoms with van der Waals surface area (Å²) in [7, 11) is 0. The molecule has 8 heteroatoms. The fraction of sp³-hybridized carbons (Fsp3) is 0.444. The second-order valence-corrected chi connectivity index (χ2v) is 8.30. The summed E-state index contributed by atoms with van der Waals surface area (Å²) in [5.74, 6) is -0.117. The molecule has 1 fully saturated rings. The summed E-state index contributed by atoms with van der Waals surface area (Å²) in [4.78, 5) is 39.9. The number of benzene rings is 2. The lowest BCUT2D eigenvalue weighted by atomic mass is 10.1. The number of nitrogens with one attached hydrogen (secondary N) is 1. The summed E-state index contributed by atoms with van der Waals surface area (Å²) in [6.45, 7) is 3.52. The normalized spacial score (nSPS) is 15.3. The van der Waals surface area contributed by atoms with Gasteiger partial charge in [-0.3, -0.25) is 14.4 Å². The average molecular weight is 483 g/mol. The number of esters is 1. The lowest BCUT2D eigenvalue weighted by Crippen LogP contribution is -2.57. The number of hydrogen-bond acceptors (Lipinski definition) is 6. The van der Waals surface area contributed by atoms with Gasteiger partial charge in [0.15, 0.2) is 0 Å². The first-order chi connectivity index (χ1) is 17.1. The Morgan fingerprint density at radius 2 is 1.71 bits per heavy atom. The van der Waals surface area contributed by atoms with Crippen molar-refractivity contribution in [3.63, 3.8) is 0 Å². The topological polar surface area (TPSA) is 94.2 Å². The third kappa shape index (κ3) is 8.02. The number of amides is 2. The summed E-state index contributed by atoms with van der Waals surface area (Å²) in [6.07, 6.45) is 4.02. The van der Waals surface area contributed by atoms with E-state index in [1.807, 2.05) is 36.4 Å². The Bertz CT molecular complexity index is 965. The van der Waals surface area contributed by atoms with Gasteiger partial charge in [0.1, 0.15) is 30.8 Å². The first kappa shape index (κ1) is 26.1. The van der Waals surface area contributed by atoms with Crippen LogP contribution in [0, 0.1) is 0 Å². The fourth-order valence-corrected chi connectivity index (χ4v) is 3.84. The van der Waals surface area contributed by atoms with Crippen LogP contribution in [0.2, 0.25) is 0 Å². The van der Waals surface area contributed by atoms with Crippen LogP contribution in [0.15, 0.2) is 54.6 Å². The van der Waals surface area contributed by atoms with Gasteiger partial charge in [-0.05, 0) is 30.7 Å². The second-order valence-electron chi connectivity index (χ2n) is 8.30. The van der Waals surface area contributed by atoms with Crippen LogP contribution in [-0.2, 0) is 14.3 Å². The molecule has 2 aromatic carbocycles. The van der Waals surface area contributed by atoms with Crippen molar-refractivity contribution in [3.05, 3.63) is 60.2 Å². The van der Waals surface area contributed by atoms with Crippen molar-refractivity contribution in [1.29, 1.82) is 0 Å². The van der Waals surface area contributed by atoms with E-state index in [0.29, 0.717) is 36.8 Å². The van der Waals surface area contributed by atoms with Gasteiger partial charge in [-0.2, -0.15) is 0 Å². The van der Waals surface area contributed by atoms with Gasteiger partial charge in [0.2, 0.25) is 5.91 Å². The highest BCUT2D eigenvalue weighted by atomic mass is 16.6. The van der Waals surface area contributed by atoms with Crippen LogP contribution in [0.1, 0.15) is 49.4 Å². The lowest BCUT2D eigenvalue weighted by Gasteiger charge is -2.34. The Balaban J connectivity index is 1.57. The van der Waals surface area contributed by atoms with Crippen LogP contribution in [0.5, 0.6) is 11.5 Å². The molecule has 0 aliphatic carbocycles. The van der Waals surface area contributed by atoms with Crippen molar-refractivity contribution in [2.45, 2.75) is 45.1 Å². The molecule has 1 unspecified atom stereocenters. The van der Waals surface area contributed by atoms with Gasteiger partial charge in [0.25, 0.3) is 5.91 Å². The van der Waals surface area contributed by atoms with Gasteiger partial charge in [-0.25, -0.2) is 0 Å². The van der Waals surface area contributed by atoms with E-state index in [0.717, 1.165) is 25.7 Å². The van der Waals surface area contributed by atoms with Gasteiger partial charge >= 0.3 is 5.97 Å². The highest BCUT2D eigenvalue weighted by Crippen LogP contribution is 2.23. The van der Waals surface area contributed by atoms with Crippen LogP contribution < -0.4 is 14.8 Å². The molecule has 1 aliphatic heterocycles. The lowest BCUT2D eigenvalue weighted by molar-refractivity contribution is -0.148. The monoisotopic (exact) mass is 482 g/mol. The molecule has 0 saturated carbocycles. The third-order valence-electron chi connectivity index (χ3n) is 5.68. The van der Waals surface area contributed by atoms with E-state index >= 15 is 0 Å². The molecule has 35 heavy (non-hydrogen) atoms. The molecule has 1 atom stereocenters. The maximum atomic E-state index is 13.4. The van der Waals surface area contributed by atoms with Crippen molar-refractivity contribution in [1.82, 2.24) is 10.2 Å². The second kappa shape index (κ2) is 14.0. The number of unbranched alkanes of at least 4 members (excludes halogenated alkanes) is 3. The fourth-order valence-electron chi connectivity index (χ4n) is 3.84. The van der Waals surface area contributed by atoms with E-state index < -0.39 is 12.0 Å². The summed E-state index contributed by atoms with van der Waals surface area (Å²) in [5, 5.41) is 2.73. The van der Waals surface area contributed by atoms with E-state index in [4.69, 9.17) is 14.2 Å². The predicted octanol–water partition coefficient (Wildman–Crippen LogP) is 3.60. The van der Waals surface area contributed by atoms with Gasteiger partial charge in [0.05, 0.1) is 18.6 Å². The first-order valence-corrected chi connectivity index (χ1v) is 12.2. The maximum Gasteiger partial charge on any atom is 0.308 e. The molecule has 0 bridgehead atoms. The molecule has 1 saturated heterocycles. The SMILES string of the molecule is CCCCCCOc1ccccc1C(=O)N1CCNC(=O)C1CC(=O)OCCOc1ccccc1. The number of hydrogen-bond donors (Lipinski definition) is 1. The van der Waals surface area contributed by atoms with Gasteiger partial charge in [-0.15, -0.1) is 0 Å². The van der Waals surface area contributed by atoms with Crippen molar-refractivity contribution in [2.24, 2.45) is 0 Å². The number of nitrogens with zero attached hydrogens (tertiary/aromatic N) is 1. The van der Waals surface area contributed by atoms with Crippen LogP contribution in [0.3, 0.4) is 0 Å². The van der Waals surface area contributed by atoms with Gasteiger partial charge < -0.3 is 24.4 Å². The Labute approximate surface area is 206 Å². The Hall–Kier alpha value is -3.55. The van der Waals surface area contributed by atoms with Gasteiger partial charge in [-0.1, -0.05) is 56.5 Å². The molecule has 0 aromatic heterocycles. The zero-order chi connectivity index (χ0) is 24.9. The number of para-hydroxylation sites is 2. The highest BCUT2D eigenvalue weighted by Gasteiger charge is 2.36. The minimum absolute atomic E-state index is 0.0463. The Morgan fingerprint density at radius 3 is 2.51 bits per heavy atom. The van der Waals surface area contributed by atoms with E-state index in [1.54, 1.807) is 18.2 Å². The van der Waals surface area contributed by atoms with Crippen LogP contribution >= 0.6 is 0 Å². The van der Waals surface area contributed by atoms with E-state index in [1.165, 1.54) is 4.90 Å². The number of ether oxygens (including phenoxy) is 3. The average Bonchev–Trinajstić information content (AvgIpc) is 2.88. The molecule has 2 amide bonds. The minimum atomic E-state index is -0.948. The molecule has 1 N–H and O–H groups in total. The van der Waals surface area contributed by atoms with Gasteiger partial charge in [0, 0.05) is 13.1 Å². The van der Waals surface area contributed by atoms with Crippen molar-refractivity contribution < 1.29 is 28.6 Å². The molecule has 1 aliphatic rings. The molecule has 0 radical (unpaired) electrons. The van der Waals surface area contributed by atoms with Crippen LogP contribution in [0.25, 0.3) is 0 Å². The van der Waals surface area contributed by atoms with E-state index in [2.05, 4.69) is 12.2 Å². The highest BCUT2D eigenvalue weighted by molar-refractivity contribution is 6.01. The van der Waals surface area contributed by atoms with Crippen molar-refractivity contribution in [2.75, 3.05) is 32.9 Å². The summed E-state index contributed by atoms with van der Waals surface area (Å²) in [5.41, 5.74) is 0.382. The van der Waals surface area contributed by atoms with Crippen molar-refractivity contribution in [3.8, 4) is 11.5 Å². The standard InChI is InChI=1S/C27H34N2O6/c1-2-3-4-10-17-34-24-14-9-8-13-22(24)27(32)29-16-15-28-26(31)23(29)20-25(30)35-19-18-33-21-11-6-5-7-12-21/h5-9,11-14,23H,2-4,10,15-20H2,1H3,(H,28,31). The molecule has 3 rings (SSSR count). The molecule has 1 heterocycles. The third-order valence-corrected chi connectivity index (χ3v) is 5.68. The summed E-state index contributed by atoms with van der Waals surface area (Å²) >= 11 is 0. The number of piperazine rings is 1. The van der Waals surface area contributed by atoms with E-state index in [-0.39, 0.29) is 31.4 Å². The quantitative estimate of drug-likeness (QED) is 0.346. The number of carbonyl (C=O) groups excluding carboxylic acids is 3. The largest absolute Gasteiger partial charge is 0.493 e. The van der Waals surface area contributed by atoms with Crippen LogP contribution in [-0.4, -0.2) is 61.6 Å². The molecular weight excluding hydrogens is 448 g/mol. The Kier molecular flexibility index (Phi) is 10.4. The zero-order valence-electron chi connectivity index (χ0n) is 20.2. The number of rotatable bonds is 13. The molecule has 188 valence electrons. The first-order valence-electron chi connectivity index (χ1n) is 12.2. The Morgan fingerprint density at radius 1 is 0.943 bits per heavy atom.